The number of benzene rings is 2. The Kier molecular flexibility index (Phi) is 5.71. The highest BCUT2D eigenvalue weighted by atomic mass is 32.2. The van der Waals surface area contributed by atoms with E-state index in [9.17, 15) is 21.2 Å². The largest absolute Gasteiger partial charge is 0.490 e. The average molecular weight is 457 g/mol. The summed E-state index contributed by atoms with van der Waals surface area (Å²) in [6, 6.07) is 9.23. The van der Waals surface area contributed by atoms with Crippen LogP contribution in [0.5, 0.6) is 11.5 Å². The number of piperazine rings is 1. The van der Waals surface area contributed by atoms with Crippen LogP contribution in [0, 0.1) is 5.82 Å². The zero-order chi connectivity index (χ0) is 21.4. The molecular formula is C19H21FN2O6S2. The van der Waals surface area contributed by atoms with Crippen LogP contribution in [0.4, 0.5) is 4.39 Å². The van der Waals surface area contributed by atoms with Crippen LogP contribution in [0.2, 0.25) is 0 Å². The standard InChI is InChI=1S/C19H21FN2O6S2/c20-15-3-1-4-16(13-15)29(23,24)21-7-9-22(10-8-21)30(25,26)17-5-6-18-19(14-17)28-12-2-11-27-18/h1,3-6,13-14H,2,7-12H2. The van der Waals surface area contributed by atoms with Crippen LogP contribution in [0.1, 0.15) is 6.42 Å². The van der Waals surface area contributed by atoms with Crippen LogP contribution in [-0.2, 0) is 20.0 Å². The summed E-state index contributed by atoms with van der Waals surface area (Å²) in [6.45, 7) is 0.871. The van der Waals surface area contributed by atoms with Gasteiger partial charge < -0.3 is 9.47 Å². The number of nitrogens with zero attached hydrogens (tertiary/aromatic N) is 2. The van der Waals surface area contributed by atoms with Crippen molar-refractivity contribution in [3.05, 3.63) is 48.3 Å². The molecule has 1 fully saturated rings. The van der Waals surface area contributed by atoms with Crippen molar-refractivity contribution in [1.82, 2.24) is 8.61 Å². The molecule has 0 radical (unpaired) electrons. The van der Waals surface area contributed by atoms with Gasteiger partial charge in [-0.2, -0.15) is 8.61 Å². The van der Waals surface area contributed by atoms with Crippen LogP contribution < -0.4 is 9.47 Å². The Labute approximate surface area is 174 Å². The van der Waals surface area contributed by atoms with Crippen LogP contribution in [-0.4, -0.2) is 64.8 Å². The van der Waals surface area contributed by atoms with E-state index in [1.54, 1.807) is 6.07 Å². The predicted molar refractivity (Wildman–Crippen MR) is 106 cm³/mol. The lowest BCUT2D eigenvalue weighted by Crippen LogP contribution is -2.50. The Morgan fingerprint density at radius 3 is 1.90 bits per heavy atom. The summed E-state index contributed by atoms with van der Waals surface area (Å²) in [7, 11) is -7.73. The topological polar surface area (TPSA) is 93.2 Å². The van der Waals surface area contributed by atoms with Gasteiger partial charge in [0.15, 0.2) is 11.5 Å². The van der Waals surface area contributed by atoms with Gasteiger partial charge in [0.1, 0.15) is 5.82 Å². The number of fused-ring (bicyclic) bond motifs is 1. The van der Waals surface area contributed by atoms with E-state index in [2.05, 4.69) is 0 Å². The third-order valence-corrected chi connectivity index (χ3v) is 8.78. The normalized spacial score (nSPS) is 18.7. The second-order valence-electron chi connectivity index (χ2n) is 6.92. The average Bonchev–Trinajstić information content (AvgIpc) is 2.98. The van der Waals surface area contributed by atoms with Crippen molar-refractivity contribution in [1.29, 1.82) is 0 Å². The summed E-state index contributed by atoms with van der Waals surface area (Å²) in [5.74, 6) is 0.227. The molecule has 0 unspecified atom stereocenters. The van der Waals surface area contributed by atoms with Crippen molar-refractivity contribution in [2.24, 2.45) is 0 Å². The first-order valence-electron chi connectivity index (χ1n) is 9.44. The van der Waals surface area contributed by atoms with Gasteiger partial charge >= 0.3 is 0 Å². The van der Waals surface area contributed by atoms with Crippen molar-refractivity contribution in [3.8, 4) is 11.5 Å². The minimum Gasteiger partial charge on any atom is -0.490 e. The van der Waals surface area contributed by atoms with Crippen molar-refractivity contribution in [3.63, 3.8) is 0 Å². The Hall–Kier alpha value is -2.21. The van der Waals surface area contributed by atoms with Crippen molar-refractivity contribution >= 4 is 20.0 Å². The zero-order valence-corrected chi connectivity index (χ0v) is 17.7. The molecule has 0 N–H and O–H groups in total. The van der Waals surface area contributed by atoms with Gasteiger partial charge in [0.2, 0.25) is 20.0 Å². The van der Waals surface area contributed by atoms with E-state index < -0.39 is 25.9 Å². The number of ether oxygens (including phenoxy) is 2. The minimum atomic E-state index is -3.90. The quantitative estimate of drug-likeness (QED) is 0.695. The van der Waals surface area contributed by atoms with Crippen molar-refractivity contribution in [2.45, 2.75) is 16.2 Å². The molecule has 2 aromatic carbocycles. The van der Waals surface area contributed by atoms with Crippen LogP contribution in [0.15, 0.2) is 52.3 Å². The smallest absolute Gasteiger partial charge is 0.243 e. The first kappa shape index (κ1) is 21.0. The van der Waals surface area contributed by atoms with Crippen molar-refractivity contribution < 1.29 is 30.7 Å². The molecule has 11 heteroatoms. The summed E-state index contributed by atoms with van der Waals surface area (Å²) < 4.78 is 78.5. The molecule has 4 rings (SSSR count). The van der Waals surface area contributed by atoms with E-state index in [0.717, 1.165) is 6.07 Å². The van der Waals surface area contributed by atoms with E-state index in [0.29, 0.717) is 31.1 Å². The Morgan fingerprint density at radius 2 is 1.30 bits per heavy atom. The maximum atomic E-state index is 13.4. The maximum absolute atomic E-state index is 13.4. The molecule has 0 aliphatic carbocycles. The summed E-state index contributed by atoms with van der Waals surface area (Å²) in [6.07, 6.45) is 0.707. The number of hydrogen-bond acceptors (Lipinski definition) is 6. The Balaban J connectivity index is 1.50. The van der Waals surface area contributed by atoms with Gasteiger partial charge in [-0.15, -0.1) is 0 Å². The minimum absolute atomic E-state index is 0.00861. The lowest BCUT2D eigenvalue weighted by molar-refractivity contribution is 0.272. The van der Waals surface area contributed by atoms with Crippen LogP contribution in [0.25, 0.3) is 0 Å². The number of rotatable bonds is 4. The number of hydrogen-bond donors (Lipinski definition) is 0. The molecule has 0 atom stereocenters. The number of halogens is 1. The van der Waals surface area contributed by atoms with E-state index in [-0.39, 0.29) is 36.0 Å². The fourth-order valence-electron chi connectivity index (χ4n) is 3.38. The van der Waals surface area contributed by atoms with Gasteiger partial charge in [0.05, 0.1) is 23.0 Å². The molecule has 2 aromatic rings. The predicted octanol–water partition coefficient (Wildman–Crippen LogP) is 1.68. The molecule has 2 heterocycles. The third-order valence-electron chi connectivity index (χ3n) is 4.99. The highest BCUT2D eigenvalue weighted by Gasteiger charge is 2.34. The van der Waals surface area contributed by atoms with Gasteiger partial charge in [0.25, 0.3) is 0 Å². The highest BCUT2D eigenvalue weighted by molar-refractivity contribution is 7.89. The molecule has 0 bridgehead atoms. The van der Waals surface area contributed by atoms with E-state index in [1.807, 2.05) is 0 Å². The lowest BCUT2D eigenvalue weighted by atomic mass is 10.3. The Bertz CT molecular complexity index is 1150. The summed E-state index contributed by atoms with van der Waals surface area (Å²) in [5, 5.41) is 0. The maximum Gasteiger partial charge on any atom is 0.243 e. The van der Waals surface area contributed by atoms with Gasteiger partial charge in [0, 0.05) is 38.7 Å². The van der Waals surface area contributed by atoms with E-state index >= 15 is 0 Å². The first-order valence-corrected chi connectivity index (χ1v) is 12.3. The second kappa shape index (κ2) is 8.14. The first-order chi connectivity index (χ1) is 14.3. The molecule has 0 amide bonds. The fourth-order valence-corrected chi connectivity index (χ4v) is 6.27. The molecular weight excluding hydrogens is 435 g/mol. The van der Waals surface area contributed by atoms with E-state index in [1.165, 1.54) is 38.9 Å². The molecule has 30 heavy (non-hydrogen) atoms. The summed E-state index contributed by atoms with van der Waals surface area (Å²) in [4.78, 5) is -0.0881. The number of sulfonamides is 2. The monoisotopic (exact) mass is 456 g/mol. The SMILES string of the molecule is O=S(=O)(c1cccc(F)c1)N1CCN(S(=O)(=O)c2ccc3c(c2)OCCCO3)CC1. The van der Waals surface area contributed by atoms with Crippen molar-refractivity contribution in [2.75, 3.05) is 39.4 Å². The molecule has 0 spiro atoms. The summed E-state index contributed by atoms with van der Waals surface area (Å²) in [5.41, 5.74) is 0. The zero-order valence-electron chi connectivity index (χ0n) is 16.0. The lowest BCUT2D eigenvalue weighted by Gasteiger charge is -2.33. The molecule has 2 aliphatic heterocycles. The fraction of sp³-hybridized carbons (Fsp3) is 0.368. The molecule has 162 valence electrons. The van der Waals surface area contributed by atoms with Crippen LogP contribution >= 0.6 is 0 Å². The molecule has 2 aliphatic rings. The molecule has 0 aromatic heterocycles. The van der Waals surface area contributed by atoms with E-state index in [4.69, 9.17) is 9.47 Å². The molecule has 1 saturated heterocycles. The molecule has 8 nitrogen and oxygen atoms in total. The second-order valence-corrected chi connectivity index (χ2v) is 10.8. The van der Waals surface area contributed by atoms with Gasteiger partial charge in [-0.05, 0) is 30.3 Å². The van der Waals surface area contributed by atoms with Gasteiger partial charge in [-0.25, -0.2) is 21.2 Å². The third kappa shape index (κ3) is 4.02. The van der Waals surface area contributed by atoms with Crippen LogP contribution in [0.3, 0.4) is 0 Å². The summed E-state index contributed by atoms with van der Waals surface area (Å²) >= 11 is 0. The Morgan fingerprint density at radius 1 is 0.733 bits per heavy atom. The van der Waals surface area contributed by atoms with Gasteiger partial charge in [-0.3, -0.25) is 0 Å². The molecule has 0 saturated carbocycles. The highest BCUT2D eigenvalue weighted by Crippen LogP contribution is 2.33. The van der Waals surface area contributed by atoms with Gasteiger partial charge in [-0.1, -0.05) is 6.07 Å².